The molecule has 2 atom stereocenters. The van der Waals surface area contributed by atoms with E-state index in [2.05, 4.69) is 12.2 Å². The first-order valence-electron chi connectivity index (χ1n) is 5.62. The topological polar surface area (TPSA) is 55.2 Å². The summed E-state index contributed by atoms with van der Waals surface area (Å²) in [4.78, 5) is 10.4. The van der Waals surface area contributed by atoms with Crippen molar-refractivity contribution in [3.05, 3.63) is 33.9 Å². The fourth-order valence-corrected chi connectivity index (χ4v) is 2.04. The van der Waals surface area contributed by atoms with Crippen LogP contribution in [-0.4, -0.2) is 11.0 Å². The Hall–Kier alpha value is -1.58. The van der Waals surface area contributed by atoms with Crippen molar-refractivity contribution in [1.29, 1.82) is 0 Å². The molecule has 2 unspecified atom stereocenters. The molecule has 1 aromatic rings. The Morgan fingerprint density at radius 2 is 2.25 bits per heavy atom. The lowest BCUT2D eigenvalue weighted by Gasteiger charge is -2.06. The second-order valence-electron chi connectivity index (χ2n) is 4.47. The molecule has 1 aliphatic rings. The van der Waals surface area contributed by atoms with Crippen molar-refractivity contribution in [3.63, 3.8) is 0 Å². The van der Waals surface area contributed by atoms with Gasteiger partial charge in [0.25, 0.3) is 5.69 Å². The zero-order chi connectivity index (χ0) is 11.7. The van der Waals surface area contributed by atoms with Gasteiger partial charge in [0, 0.05) is 23.9 Å². The third-order valence-electron chi connectivity index (χ3n) is 3.07. The highest BCUT2D eigenvalue weighted by Crippen LogP contribution is 2.36. The van der Waals surface area contributed by atoms with E-state index in [-0.39, 0.29) is 10.6 Å². The summed E-state index contributed by atoms with van der Waals surface area (Å²) in [6.45, 7) is 4.05. The number of nitrogens with zero attached hydrogens (tertiary/aromatic N) is 1. The molecule has 16 heavy (non-hydrogen) atoms. The van der Waals surface area contributed by atoms with Gasteiger partial charge in [-0.25, -0.2) is 0 Å². The van der Waals surface area contributed by atoms with Crippen molar-refractivity contribution < 1.29 is 4.92 Å². The average Bonchev–Trinajstić information content (AvgIpc) is 2.95. The predicted octanol–water partition coefficient (Wildman–Crippen LogP) is 3.11. The smallest absolute Gasteiger partial charge is 0.271 e. The number of nitro groups is 1. The van der Waals surface area contributed by atoms with Crippen molar-refractivity contribution in [2.45, 2.75) is 32.7 Å². The minimum absolute atomic E-state index is 0.163. The molecule has 86 valence electrons. The standard InChI is InChI=1S/C12H16N2O2/c1-3-9-6-12(9)13-10-4-8(2)5-11(7-10)14(15)16/h4-5,7,9,12-13H,3,6H2,1-2H3. The molecule has 0 aromatic heterocycles. The molecule has 1 aliphatic carbocycles. The maximum Gasteiger partial charge on any atom is 0.271 e. The summed E-state index contributed by atoms with van der Waals surface area (Å²) in [7, 11) is 0. The maximum absolute atomic E-state index is 10.7. The van der Waals surface area contributed by atoms with E-state index >= 15 is 0 Å². The van der Waals surface area contributed by atoms with Crippen LogP contribution in [0.2, 0.25) is 0 Å². The molecule has 4 nitrogen and oxygen atoms in total. The van der Waals surface area contributed by atoms with Gasteiger partial charge in [-0.15, -0.1) is 0 Å². The molecule has 0 amide bonds. The van der Waals surface area contributed by atoms with E-state index in [0.717, 1.165) is 17.2 Å². The van der Waals surface area contributed by atoms with Crippen LogP contribution in [0.4, 0.5) is 11.4 Å². The normalized spacial score (nSPS) is 22.9. The lowest BCUT2D eigenvalue weighted by Crippen LogP contribution is -2.04. The molecule has 0 radical (unpaired) electrons. The second kappa shape index (κ2) is 4.12. The number of aryl methyl sites for hydroxylation is 1. The van der Waals surface area contributed by atoms with E-state index in [1.807, 2.05) is 13.0 Å². The van der Waals surface area contributed by atoms with Crippen molar-refractivity contribution >= 4 is 11.4 Å². The van der Waals surface area contributed by atoms with Crippen LogP contribution in [0.5, 0.6) is 0 Å². The number of nitrogens with one attached hydrogen (secondary N) is 1. The van der Waals surface area contributed by atoms with E-state index in [9.17, 15) is 10.1 Å². The SMILES string of the molecule is CCC1CC1Nc1cc(C)cc([N+](=O)[O-])c1. The van der Waals surface area contributed by atoms with Crippen molar-refractivity contribution in [2.75, 3.05) is 5.32 Å². The third kappa shape index (κ3) is 2.32. The monoisotopic (exact) mass is 220 g/mol. The van der Waals surface area contributed by atoms with Crippen molar-refractivity contribution in [2.24, 2.45) is 5.92 Å². The van der Waals surface area contributed by atoms with E-state index in [4.69, 9.17) is 0 Å². The van der Waals surface area contributed by atoms with Crippen LogP contribution in [0.15, 0.2) is 18.2 Å². The van der Waals surface area contributed by atoms with E-state index in [1.54, 1.807) is 12.1 Å². The summed E-state index contributed by atoms with van der Waals surface area (Å²) < 4.78 is 0. The molecular formula is C12H16N2O2. The van der Waals surface area contributed by atoms with E-state index < -0.39 is 0 Å². The molecule has 0 aliphatic heterocycles. The van der Waals surface area contributed by atoms with Crippen LogP contribution in [0.1, 0.15) is 25.3 Å². The first-order chi connectivity index (χ1) is 7.60. The van der Waals surface area contributed by atoms with Crippen LogP contribution < -0.4 is 5.32 Å². The Bertz CT molecular complexity index is 417. The molecule has 2 rings (SSSR count). The van der Waals surface area contributed by atoms with Gasteiger partial charge in [-0.05, 0) is 30.9 Å². The molecule has 0 spiro atoms. The fraction of sp³-hybridized carbons (Fsp3) is 0.500. The highest BCUT2D eigenvalue weighted by Gasteiger charge is 2.35. The Kier molecular flexibility index (Phi) is 2.81. The summed E-state index contributed by atoms with van der Waals surface area (Å²) >= 11 is 0. The Balaban J connectivity index is 2.12. The number of rotatable bonds is 4. The van der Waals surface area contributed by atoms with Crippen molar-refractivity contribution in [1.82, 2.24) is 0 Å². The lowest BCUT2D eigenvalue weighted by molar-refractivity contribution is -0.384. The van der Waals surface area contributed by atoms with Gasteiger partial charge in [0.1, 0.15) is 0 Å². The van der Waals surface area contributed by atoms with Crippen LogP contribution in [0, 0.1) is 23.0 Å². The predicted molar refractivity (Wildman–Crippen MR) is 63.6 cm³/mol. The highest BCUT2D eigenvalue weighted by molar-refractivity contribution is 5.55. The first kappa shape index (κ1) is 10.9. The lowest BCUT2D eigenvalue weighted by atomic mass is 10.2. The number of nitro benzene ring substituents is 1. The first-order valence-corrected chi connectivity index (χ1v) is 5.62. The number of hydrogen-bond donors (Lipinski definition) is 1. The molecule has 0 saturated heterocycles. The number of benzene rings is 1. The number of hydrogen-bond acceptors (Lipinski definition) is 3. The molecule has 1 aromatic carbocycles. The van der Waals surface area contributed by atoms with E-state index in [0.29, 0.717) is 6.04 Å². The van der Waals surface area contributed by atoms with Crippen LogP contribution in [-0.2, 0) is 0 Å². The van der Waals surface area contributed by atoms with Gasteiger partial charge in [0.15, 0.2) is 0 Å². The zero-order valence-electron chi connectivity index (χ0n) is 9.56. The molecule has 1 N–H and O–H groups in total. The Morgan fingerprint density at radius 1 is 1.50 bits per heavy atom. The molecular weight excluding hydrogens is 204 g/mol. The molecule has 4 heteroatoms. The third-order valence-corrected chi connectivity index (χ3v) is 3.07. The van der Waals surface area contributed by atoms with Gasteiger partial charge in [-0.2, -0.15) is 0 Å². The van der Waals surface area contributed by atoms with Gasteiger partial charge in [0.2, 0.25) is 0 Å². The summed E-state index contributed by atoms with van der Waals surface area (Å²) in [6, 6.07) is 5.66. The van der Waals surface area contributed by atoms with Crippen LogP contribution in [0.3, 0.4) is 0 Å². The van der Waals surface area contributed by atoms with Crippen LogP contribution in [0.25, 0.3) is 0 Å². The highest BCUT2D eigenvalue weighted by atomic mass is 16.6. The van der Waals surface area contributed by atoms with Gasteiger partial charge >= 0.3 is 0 Å². The quantitative estimate of drug-likeness (QED) is 0.626. The molecule has 1 saturated carbocycles. The molecule has 0 heterocycles. The summed E-state index contributed by atoms with van der Waals surface area (Å²) in [6.07, 6.45) is 2.35. The summed E-state index contributed by atoms with van der Waals surface area (Å²) in [5.74, 6) is 0.736. The van der Waals surface area contributed by atoms with Gasteiger partial charge in [-0.3, -0.25) is 10.1 Å². The second-order valence-corrected chi connectivity index (χ2v) is 4.47. The van der Waals surface area contributed by atoms with Gasteiger partial charge in [-0.1, -0.05) is 13.3 Å². The average molecular weight is 220 g/mol. The van der Waals surface area contributed by atoms with Gasteiger partial charge in [0.05, 0.1) is 4.92 Å². The number of non-ortho nitro benzene ring substituents is 1. The fourth-order valence-electron chi connectivity index (χ4n) is 2.04. The largest absolute Gasteiger partial charge is 0.382 e. The summed E-state index contributed by atoms with van der Waals surface area (Å²) in [5.41, 5.74) is 1.95. The molecule has 0 bridgehead atoms. The minimum Gasteiger partial charge on any atom is -0.382 e. The zero-order valence-corrected chi connectivity index (χ0v) is 9.56. The molecule has 1 fully saturated rings. The van der Waals surface area contributed by atoms with Gasteiger partial charge < -0.3 is 5.32 Å². The summed E-state index contributed by atoms with van der Waals surface area (Å²) in [5, 5.41) is 14.1. The van der Waals surface area contributed by atoms with E-state index in [1.165, 1.54) is 12.8 Å². The number of anilines is 1. The van der Waals surface area contributed by atoms with Crippen molar-refractivity contribution in [3.8, 4) is 0 Å². The maximum atomic E-state index is 10.7. The minimum atomic E-state index is -0.345. The Morgan fingerprint density at radius 3 is 2.81 bits per heavy atom. The van der Waals surface area contributed by atoms with Crippen LogP contribution >= 0.6 is 0 Å². The Labute approximate surface area is 94.8 Å².